The third kappa shape index (κ3) is 5.60. The number of amides is 2. The van der Waals surface area contributed by atoms with E-state index in [4.69, 9.17) is 21.1 Å². The fraction of sp³-hybridized carbons (Fsp3) is 0.440. The molecule has 8 heteroatoms. The van der Waals surface area contributed by atoms with E-state index in [1.54, 1.807) is 24.3 Å². The summed E-state index contributed by atoms with van der Waals surface area (Å²) in [5, 5.41) is 17.5. The van der Waals surface area contributed by atoms with Crippen LogP contribution in [0.15, 0.2) is 48.5 Å². The molecule has 0 heterocycles. The number of hydrogen-bond donors (Lipinski definition) is 3. The lowest BCUT2D eigenvalue weighted by atomic mass is 9.60. The van der Waals surface area contributed by atoms with Crippen molar-refractivity contribution in [3.63, 3.8) is 0 Å². The average Bonchev–Trinajstić information content (AvgIpc) is 2.79. The van der Waals surface area contributed by atoms with E-state index in [-0.39, 0.29) is 25.0 Å². The van der Waals surface area contributed by atoms with Crippen molar-refractivity contribution in [2.45, 2.75) is 56.2 Å². The number of aryl methyl sites for hydroxylation is 1. The summed E-state index contributed by atoms with van der Waals surface area (Å²) in [4.78, 5) is 25.0. The van der Waals surface area contributed by atoms with Crippen molar-refractivity contribution >= 4 is 23.4 Å². The number of rotatable bonds is 8. The molecule has 0 aromatic heterocycles. The van der Waals surface area contributed by atoms with Crippen molar-refractivity contribution in [2.75, 3.05) is 13.2 Å². The molecule has 176 valence electrons. The molecule has 2 aromatic carbocycles. The molecule has 3 N–H and O–H groups in total. The number of fused-ring (bicyclic) bond motifs is 3. The van der Waals surface area contributed by atoms with Gasteiger partial charge in [-0.25, -0.2) is 0 Å². The Labute approximate surface area is 198 Å². The summed E-state index contributed by atoms with van der Waals surface area (Å²) in [5.41, 5.74) is -0.0405. The highest BCUT2D eigenvalue weighted by Gasteiger charge is 2.55. The molecule has 3 aliphatic carbocycles. The quantitative estimate of drug-likeness (QED) is 0.548. The molecule has 7 nitrogen and oxygen atoms in total. The lowest BCUT2D eigenvalue weighted by Gasteiger charge is -2.56. The van der Waals surface area contributed by atoms with Gasteiger partial charge >= 0.3 is 0 Å². The van der Waals surface area contributed by atoms with Gasteiger partial charge in [-0.3, -0.25) is 9.59 Å². The zero-order valence-corrected chi connectivity index (χ0v) is 19.4. The molecule has 0 spiro atoms. The van der Waals surface area contributed by atoms with Gasteiger partial charge in [0.15, 0.2) is 13.2 Å². The van der Waals surface area contributed by atoms with E-state index >= 15 is 0 Å². The molecule has 2 aromatic rings. The summed E-state index contributed by atoms with van der Waals surface area (Å²) in [6.45, 7) is 1.77. The van der Waals surface area contributed by atoms with Crippen LogP contribution in [0.3, 0.4) is 0 Å². The molecule has 0 radical (unpaired) electrons. The maximum absolute atomic E-state index is 12.5. The largest absolute Gasteiger partial charge is 0.484 e. The van der Waals surface area contributed by atoms with Crippen LogP contribution in [0.1, 0.15) is 37.7 Å². The van der Waals surface area contributed by atoms with E-state index in [1.165, 1.54) is 0 Å². The monoisotopic (exact) mass is 472 g/mol. The highest BCUT2D eigenvalue weighted by molar-refractivity contribution is 6.30. The Kier molecular flexibility index (Phi) is 6.81. The number of carbonyl (C=O) groups is 2. The maximum Gasteiger partial charge on any atom is 0.258 e. The van der Waals surface area contributed by atoms with Crippen molar-refractivity contribution in [2.24, 2.45) is 0 Å². The number of ether oxygens (including phenoxy) is 2. The molecular formula is C25H29ClN2O5. The second kappa shape index (κ2) is 9.61. The molecule has 5 rings (SSSR count). The van der Waals surface area contributed by atoms with Gasteiger partial charge in [0.2, 0.25) is 0 Å². The van der Waals surface area contributed by atoms with Gasteiger partial charge in [-0.15, -0.1) is 0 Å². The minimum absolute atomic E-state index is 0.0785. The van der Waals surface area contributed by atoms with Crippen LogP contribution in [0.25, 0.3) is 0 Å². The van der Waals surface area contributed by atoms with Crippen LogP contribution in [0.2, 0.25) is 5.02 Å². The Morgan fingerprint density at radius 2 is 1.42 bits per heavy atom. The molecule has 0 saturated heterocycles. The van der Waals surface area contributed by atoms with Crippen LogP contribution in [-0.2, 0) is 9.59 Å². The third-order valence-corrected chi connectivity index (χ3v) is 6.94. The first-order chi connectivity index (χ1) is 15.8. The highest BCUT2D eigenvalue weighted by Crippen LogP contribution is 2.47. The third-order valence-electron chi connectivity index (χ3n) is 6.69. The molecule has 33 heavy (non-hydrogen) atoms. The molecule has 0 unspecified atom stereocenters. The fourth-order valence-corrected chi connectivity index (χ4v) is 4.90. The van der Waals surface area contributed by atoms with Crippen LogP contribution < -0.4 is 20.1 Å². The first-order valence-electron chi connectivity index (χ1n) is 11.2. The lowest BCUT2D eigenvalue weighted by Crippen LogP contribution is -2.70. The van der Waals surface area contributed by atoms with E-state index < -0.39 is 17.2 Å². The SMILES string of the molecule is Cc1ccc(OCC(=O)NC23CCC(NC(=O)COc4ccc(Cl)cc4)(CC2)[C@@H](O)C3)cc1. The number of nitrogens with one attached hydrogen (secondary N) is 2. The van der Waals surface area contributed by atoms with Gasteiger partial charge in [0.05, 0.1) is 11.6 Å². The summed E-state index contributed by atoms with van der Waals surface area (Å²) in [6.07, 6.45) is 2.16. The molecule has 3 aliphatic rings. The minimum atomic E-state index is -0.752. The molecule has 0 aliphatic heterocycles. The number of aliphatic hydroxyl groups is 1. The lowest BCUT2D eigenvalue weighted by molar-refractivity contribution is -0.137. The van der Waals surface area contributed by atoms with Gasteiger partial charge in [0.25, 0.3) is 11.8 Å². The zero-order valence-electron chi connectivity index (χ0n) is 18.6. The molecule has 2 amide bonds. The highest BCUT2D eigenvalue weighted by atomic mass is 35.5. The van der Waals surface area contributed by atoms with Gasteiger partial charge in [-0.1, -0.05) is 29.3 Å². The first-order valence-corrected chi connectivity index (χ1v) is 11.5. The summed E-state index contributed by atoms with van der Waals surface area (Å²) in [5.74, 6) is 0.698. The number of benzene rings is 2. The van der Waals surface area contributed by atoms with E-state index in [0.29, 0.717) is 48.6 Å². The van der Waals surface area contributed by atoms with E-state index in [1.807, 2.05) is 31.2 Å². The Morgan fingerprint density at radius 1 is 0.909 bits per heavy atom. The second-order valence-corrected chi connectivity index (χ2v) is 9.53. The predicted molar refractivity (Wildman–Crippen MR) is 124 cm³/mol. The van der Waals surface area contributed by atoms with Gasteiger partial charge in [0.1, 0.15) is 11.5 Å². The predicted octanol–water partition coefficient (Wildman–Crippen LogP) is 3.15. The van der Waals surface area contributed by atoms with Crippen LogP contribution in [-0.4, -0.2) is 47.3 Å². The fourth-order valence-electron chi connectivity index (χ4n) is 4.77. The molecule has 2 bridgehead atoms. The Morgan fingerprint density at radius 3 is 1.97 bits per heavy atom. The summed E-state index contributed by atoms with van der Waals surface area (Å²) >= 11 is 5.86. The van der Waals surface area contributed by atoms with Crippen LogP contribution in [0.5, 0.6) is 11.5 Å². The zero-order chi connectivity index (χ0) is 23.5. The van der Waals surface area contributed by atoms with Gasteiger partial charge < -0.3 is 25.2 Å². The summed E-state index contributed by atoms with van der Waals surface area (Å²) in [6, 6.07) is 14.3. The molecule has 3 fully saturated rings. The smallest absolute Gasteiger partial charge is 0.258 e. The Balaban J connectivity index is 1.27. The number of hydrogen-bond acceptors (Lipinski definition) is 5. The molecule has 3 saturated carbocycles. The topological polar surface area (TPSA) is 96.9 Å². The van der Waals surface area contributed by atoms with Crippen molar-refractivity contribution in [1.82, 2.24) is 10.6 Å². The minimum Gasteiger partial charge on any atom is -0.484 e. The van der Waals surface area contributed by atoms with E-state index in [0.717, 1.165) is 5.56 Å². The Hall–Kier alpha value is -2.77. The summed E-state index contributed by atoms with van der Waals surface area (Å²) < 4.78 is 11.1. The van der Waals surface area contributed by atoms with Crippen LogP contribution in [0.4, 0.5) is 0 Å². The maximum atomic E-state index is 12.5. The number of carbonyl (C=O) groups excluding carboxylic acids is 2. The molecule has 1 atom stereocenters. The number of halogens is 1. The van der Waals surface area contributed by atoms with Crippen LogP contribution >= 0.6 is 11.6 Å². The molecular weight excluding hydrogens is 444 g/mol. The van der Waals surface area contributed by atoms with Gasteiger partial charge in [-0.2, -0.15) is 0 Å². The number of aliphatic hydroxyl groups excluding tert-OH is 1. The van der Waals surface area contributed by atoms with E-state index in [2.05, 4.69) is 10.6 Å². The van der Waals surface area contributed by atoms with Crippen molar-refractivity contribution in [3.05, 3.63) is 59.1 Å². The average molecular weight is 473 g/mol. The summed E-state index contributed by atoms with van der Waals surface area (Å²) in [7, 11) is 0. The normalized spacial score (nSPS) is 25.8. The first kappa shape index (κ1) is 23.4. The van der Waals surface area contributed by atoms with Crippen molar-refractivity contribution in [1.29, 1.82) is 0 Å². The van der Waals surface area contributed by atoms with Crippen LogP contribution in [0, 0.1) is 6.92 Å². The van der Waals surface area contributed by atoms with Crippen molar-refractivity contribution < 1.29 is 24.2 Å². The Bertz CT molecular complexity index is 985. The van der Waals surface area contributed by atoms with Crippen molar-refractivity contribution in [3.8, 4) is 11.5 Å². The standard InChI is InChI=1S/C25H29ClN2O5/c1-17-2-6-19(7-3-17)32-15-22(30)27-24-10-12-25(13-11-24,21(29)14-24)28-23(31)16-33-20-8-4-18(26)5-9-20/h2-9,21,29H,10-16H2,1H3,(H,27,30)(H,28,31)/t21-,24?,25?/m0/s1. The van der Waals surface area contributed by atoms with E-state index in [9.17, 15) is 14.7 Å². The second-order valence-electron chi connectivity index (χ2n) is 9.10. The van der Waals surface area contributed by atoms with Gasteiger partial charge in [0, 0.05) is 10.6 Å². The van der Waals surface area contributed by atoms with Gasteiger partial charge in [-0.05, 0) is 75.4 Å².